The van der Waals surface area contributed by atoms with Gasteiger partial charge in [-0.3, -0.25) is 9.59 Å². The van der Waals surface area contributed by atoms with Crippen molar-refractivity contribution < 1.29 is 19.1 Å². The van der Waals surface area contributed by atoms with E-state index in [4.69, 9.17) is 9.47 Å². The molecule has 0 aromatic heterocycles. The van der Waals surface area contributed by atoms with Crippen LogP contribution in [0.25, 0.3) is 0 Å². The lowest BCUT2D eigenvalue weighted by Crippen LogP contribution is -2.16. The van der Waals surface area contributed by atoms with Crippen molar-refractivity contribution in [3.8, 4) is 5.75 Å². The smallest absolute Gasteiger partial charge is 0.255 e. The second-order valence-electron chi connectivity index (χ2n) is 6.19. The van der Waals surface area contributed by atoms with Gasteiger partial charge in [-0.25, -0.2) is 0 Å². The third-order valence-corrected chi connectivity index (χ3v) is 4.00. The quantitative estimate of drug-likeness (QED) is 0.833. The van der Waals surface area contributed by atoms with Crippen molar-refractivity contribution in [1.82, 2.24) is 0 Å². The zero-order chi connectivity index (χ0) is 18.4. The summed E-state index contributed by atoms with van der Waals surface area (Å²) in [6.07, 6.45) is 2.23. The summed E-state index contributed by atoms with van der Waals surface area (Å²) in [6, 6.07) is 14.0. The number of ether oxygens (including phenoxy) is 2. The summed E-state index contributed by atoms with van der Waals surface area (Å²) < 4.78 is 11.3. The standard InChI is InChI=1S/C20H22N2O4/c1-14(23)21-16-6-2-5-15(11-16)20(24)22-17-7-3-8-18(12-17)26-13-19-9-4-10-25-19/h2-3,5-8,11-12,19H,4,9-10,13H2,1H3,(H,21,23)(H,22,24). The van der Waals surface area contributed by atoms with E-state index in [9.17, 15) is 9.59 Å². The summed E-state index contributed by atoms with van der Waals surface area (Å²) in [4.78, 5) is 23.6. The number of carbonyl (C=O) groups excluding carboxylic acids is 2. The lowest BCUT2D eigenvalue weighted by molar-refractivity contribution is -0.114. The van der Waals surface area contributed by atoms with Gasteiger partial charge in [0.1, 0.15) is 12.4 Å². The molecule has 1 atom stereocenters. The van der Waals surface area contributed by atoms with Gasteiger partial charge in [0.05, 0.1) is 6.10 Å². The van der Waals surface area contributed by atoms with E-state index in [0.29, 0.717) is 29.3 Å². The van der Waals surface area contributed by atoms with E-state index in [0.717, 1.165) is 19.4 Å². The Morgan fingerprint density at radius 1 is 1.12 bits per heavy atom. The number of amides is 2. The Bertz CT molecular complexity index is 785. The minimum Gasteiger partial charge on any atom is -0.491 e. The number of rotatable bonds is 6. The summed E-state index contributed by atoms with van der Waals surface area (Å²) in [7, 11) is 0. The van der Waals surface area contributed by atoms with Gasteiger partial charge in [-0.05, 0) is 43.2 Å². The molecule has 1 aliphatic heterocycles. The predicted octanol–water partition coefficient (Wildman–Crippen LogP) is 3.46. The van der Waals surface area contributed by atoms with Gasteiger partial charge in [0.25, 0.3) is 5.91 Å². The number of benzene rings is 2. The van der Waals surface area contributed by atoms with Gasteiger partial charge in [-0.2, -0.15) is 0 Å². The summed E-state index contributed by atoms with van der Waals surface area (Å²) in [6.45, 7) is 2.73. The number of anilines is 2. The first kappa shape index (κ1) is 17.9. The molecule has 2 amide bonds. The Hall–Kier alpha value is -2.86. The second kappa shape index (κ2) is 8.49. The first-order valence-electron chi connectivity index (χ1n) is 8.63. The molecule has 1 unspecified atom stereocenters. The third kappa shape index (κ3) is 5.07. The minimum absolute atomic E-state index is 0.143. The summed E-state index contributed by atoms with van der Waals surface area (Å²) in [5, 5.41) is 5.51. The van der Waals surface area contributed by atoms with E-state index in [1.807, 2.05) is 12.1 Å². The van der Waals surface area contributed by atoms with Crippen molar-refractivity contribution in [3.05, 3.63) is 54.1 Å². The zero-order valence-corrected chi connectivity index (χ0v) is 14.7. The fraction of sp³-hybridized carbons (Fsp3) is 0.300. The van der Waals surface area contributed by atoms with Gasteiger partial charge in [-0.15, -0.1) is 0 Å². The zero-order valence-electron chi connectivity index (χ0n) is 14.7. The van der Waals surface area contributed by atoms with Crippen molar-refractivity contribution in [2.75, 3.05) is 23.8 Å². The van der Waals surface area contributed by atoms with Crippen molar-refractivity contribution in [2.45, 2.75) is 25.9 Å². The number of hydrogen-bond donors (Lipinski definition) is 2. The topological polar surface area (TPSA) is 76.7 Å². The maximum atomic E-state index is 12.4. The van der Waals surface area contributed by atoms with Crippen molar-refractivity contribution in [1.29, 1.82) is 0 Å². The molecule has 2 aromatic rings. The van der Waals surface area contributed by atoms with Crippen molar-refractivity contribution in [2.24, 2.45) is 0 Å². The monoisotopic (exact) mass is 354 g/mol. The molecule has 3 rings (SSSR count). The molecule has 0 spiro atoms. The molecule has 1 saturated heterocycles. The Labute approximate surface area is 152 Å². The molecule has 1 heterocycles. The Morgan fingerprint density at radius 3 is 2.62 bits per heavy atom. The fourth-order valence-corrected chi connectivity index (χ4v) is 2.77. The van der Waals surface area contributed by atoms with Crippen LogP contribution in [-0.2, 0) is 9.53 Å². The van der Waals surface area contributed by atoms with Crippen LogP contribution in [-0.4, -0.2) is 31.1 Å². The Balaban J connectivity index is 1.61. The van der Waals surface area contributed by atoms with Crippen LogP contribution in [0.1, 0.15) is 30.1 Å². The average Bonchev–Trinajstić information content (AvgIpc) is 3.13. The Morgan fingerprint density at radius 2 is 1.88 bits per heavy atom. The lowest BCUT2D eigenvalue weighted by atomic mass is 10.1. The van der Waals surface area contributed by atoms with E-state index in [-0.39, 0.29) is 17.9 Å². The van der Waals surface area contributed by atoms with Gasteiger partial charge in [0.15, 0.2) is 0 Å². The summed E-state index contributed by atoms with van der Waals surface area (Å²) in [5.41, 5.74) is 1.69. The SMILES string of the molecule is CC(=O)Nc1cccc(C(=O)Nc2cccc(OCC3CCCO3)c2)c1. The van der Waals surface area contributed by atoms with Crippen LogP contribution in [0.5, 0.6) is 5.75 Å². The van der Waals surface area contributed by atoms with Crippen LogP contribution in [0.2, 0.25) is 0 Å². The van der Waals surface area contributed by atoms with Crippen LogP contribution in [0.15, 0.2) is 48.5 Å². The first-order chi connectivity index (χ1) is 12.6. The predicted molar refractivity (Wildman–Crippen MR) is 99.6 cm³/mol. The van der Waals surface area contributed by atoms with Crippen LogP contribution in [0, 0.1) is 0 Å². The van der Waals surface area contributed by atoms with Crippen LogP contribution in [0.4, 0.5) is 11.4 Å². The maximum absolute atomic E-state index is 12.4. The molecule has 0 bridgehead atoms. The van der Waals surface area contributed by atoms with Crippen molar-refractivity contribution >= 4 is 23.2 Å². The maximum Gasteiger partial charge on any atom is 0.255 e. The molecule has 6 heteroatoms. The van der Waals surface area contributed by atoms with Crippen LogP contribution in [0.3, 0.4) is 0 Å². The van der Waals surface area contributed by atoms with Gasteiger partial charge < -0.3 is 20.1 Å². The van der Waals surface area contributed by atoms with Gasteiger partial charge >= 0.3 is 0 Å². The molecule has 136 valence electrons. The van der Waals surface area contributed by atoms with E-state index >= 15 is 0 Å². The van der Waals surface area contributed by atoms with Gasteiger partial charge in [0.2, 0.25) is 5.91 Å². The highest BCUT2D eigenvalue weighted by Crippen LogP contribution is 2.20. The molecular formula is C20H22N2O4. The normalized spacial score (nSPS) is 16.1. The number of hydrogen-bond acceptors (Lipinski definition) is 4. The molecule has 2 N–H and O–H groups in total. The third-order valence-electron chi connectivity index (χ3n) is 4.00. The van der Waals surface area contributed by atoms with Crippen LogP contribution < -0.4 is 15.4 Å². The minimum atomic E-state index is -0.256. The molecule has 2 aromatic carbocycles. The summed E-state index contributed by atoms with van der Waals surface area (Å²) in [5.74, 6) is 0.248. The van der Waals surface area contributed by atoms with E-state index in [1.165, 1.54) is 6.92 Å². The van der Waals surface area contributed by atoms with E-state index < -0.39 is 0 Å². The largest absolute Gasteiger partial charge is 0.491 e. The molecule has 6 nitrogen and oxygen atoms in total. The highest BCUT2D eigenvalue weighted by atomic mass is 16.5. The second-order valence-corrected chi connectivity index (χ2v) is 6.19. The lowest BCUT2D eigenvalue weighted by Gasteiger charge is -2.13. The van der Waals surface area contributed by atoms with Gasteiger partial charge in [-0.1, -0.05) is 12.1 Å². The molecule has 0 radical (unpaired) electrons. The van der Waals surface area contributed by atoms with E-state index in [1.54, 1.807) is 36.4 Å². The Kier molecular flexibility index (Phi) is 5.86. The van der Waals surface area contributed by atoms with E-state index in [2.05, 4.69) is 10.6 Å². The molecule has 0 aliphatic carbocycles. The average molecular weight is 354 g/mol. The molecule has 1 fully saturated rings. The van der Waals surface area contributed by atoms with Crippen LogP contribution >= 0.6 is 0 Å². The number of carbonyl (C=O) groups is 2. The molecule has 0 saturated carbocycles. The molecule has 26 heavy (non-hydrogen) atoms. The number of nitrogens with one attached hydrogen (secondary N) is 2. The van der Waals surface area contributed by atoms with Gasteiger partial charge in [0, 0.05) is 36.5 Å². The molecule has 1 aliphatic rings. The highest BCUT2D eigenvalue weighted by molar-refractivity contribution is 6.05. The first-order valence-corrected chi connectivity index (χ1v) is 8.63. The highest BCUT2D eigenvalue weighted by Gasteiger charge is 2.16. The fourth-order valence-electron chi connectivity index (χ4n) is 2.77. The molecular weight excluding hydrogens is 332 g/mol. The van der Waals surface area contributed by atoms with Crippen molar-refractivity contribution in [3.63, 3.8) is 0 Å². The summed E-state index contributed by atoms with van der Waals surface area (Å²) >= 11 is 0.